The van der Waals surface area contributed by atoms with Crippen LogP contribution in [0.15, 0.2) is 0 Å². The molecule has 0 saturated carbocycles. The number of hydrogen-bond donors (Lipinski definition) is 5. The molecular formula is C12H23NO6. The number of aliphatic hydroxyl groups is 4. The predicted molar refractivity (Wildman–Crippen MR) is 66.1 cm³/mol. The summed E-state index contributed by atoms with van der Waals surface area (Å²) in [5.74, 6) is -2.47. The van der Waals surface area contributed by atoms with E-state index in [0.29, 0.717) is 0 Å². The molecule has 19 heavy (non-hydrogen) atoms. The maximum Gasteiger partial charge on any atom is 0.217 e. The summed E-state index contributed by atoms with van der Waals surface area (Å²) in [6.45, 7) is 5.83. The zero-order chi connectivity index (χ0) is 15.3. The van der Waals surface area contributed by atoms with Gasteiger partial charge < -0.3 is 30.5 Å². The fourth-order valence-electron chi connectivity index (χ4n) is 2.59. The van der Waals surface area contributed by atoms with Crippen LogP contribution in [0.3, 0.4) is 0 Å². The average Bonchev–Trinajstić information content (AvgIpc) is 2.22. The van der Waals surface area contributed by atoms with E-state index in [9.17, 15) is 25.2 Å². The Bertz CT molecular complexity index is 378. The molecule has 1 aliphatic rings. The van der Waals surface area contributed by atoms with E-state index in [0.717, 1.165) is 0 Å². The Morgan fingerprint density at radius 2 is 1.68 bits per heavy atom. The van der Waals surface area contributed by atoms with Gasteiger partial charge in [-0.05, 0) is 27.7 Å². The van der Waals surface area contributed by atoms with Crippen molar-refractivity contribution in [1.29, 1.82) is 0 Å². The summed E-state index contributed by atoms with van der Waals surface area (Å²) >= 11 is 0. The van der Waals surface area contributed by atoms with Crippen molar-refractivity contribution in [3.05, 3.63) is 0 Å². The van der Waals surface area contributed by atoms with Gasteiger partial charge in [0.05, 0.1) is 6.61 Å². The van der Waals surface area contributed by atoms with Crippen molar-refractivity contribution in [3.8, 4) is 0 Å². The van der Waals surface area contributed by atoms with Gasteiger partial charge in [0.1, 0.15) is 22.8 Å². The average molecular weight is 277 g/mol. The molecule has 5 N–H and O–H groups in total. The lowest BCUT2D eigenvalue weighted by Crippen LogP contribution is -2.85. The zero-order valence-corrected chi connectivity index (χ0v) is 11.9. The van der Waals surface area contributed by atoms with Gasteiger partial charge in [-0.3, -0.25) is 4.79 Å². The highest BCUT2D eigenvalue weighted by Gasteiger charge is 2.70. The molecule has 1 aliphatic heterocycles. The van der Waals surface area contributed by atoms with Gasteiger partial charge in [0, 0.05) is 6.92 Å². The first-order valence-electron chi connectivity index (χ1n) is 6.08. The largest absolute Gasteiger partial charge is 0.394 e. The lowest BCUT2D eigenvalue weighted by Gasteiger charge is -2.62. The highest BCUT2D eigenvalue weighted by atomic mass is 16.7. The number of aliphatic hydroxyl groups excluding tert-OH is 1. The SMILES string of the molecule is CC(=O)NC1(C)C(C)(O)OC(CO)C(C)(O)C1(C)O. The van der Waals surface area contributed by atoms with Crippen molar-refractivity contribution in [1.82, 2.24) is 5.32 Å². The molecule has 0 radical (unpaired) electrons. The summed E-state index contributed by atoms with van der Waals surface area (Å²) in [7, 11) is 0. The van der Waals surface area contributed by atoms with Crippen LogP contribution in [0.2, 0.25) is 0 Å². The molecule has 5 unspecified atom stereocenters. The number of rotatable bonds is 2. The molecule has 0 bridgehead atoms. The number of ether oxygens (including phenoxy) is 1. The number of nitrogens with one attached hydrogen (secondary N) is 1. The third kappa shape index (κ3) is 2.05. The second kappa shape index (κ2) is 4.39. The Morgan fingerprint density at radius 1 is 1.21 bits per heavy atom. The third-order valence-electron chi connectivity index (χ3n) is 4.48. The molecular weight excluding hydrogens is 254 g/mol. The maximum atomic E-state index is 11.3. The first-order chi connectivity index (χ1) is 8.33. The molecule has 7 nitrogen and oxygen atoms in total. The maximum absolute atomic E-state index is 11.3. The summed E-state index contributed by atoms with van der Waals surface area (Å²) in [4.78, 5) is 11.3. The Balaban J connectivity index is 3.40. The summed E-state index contributed by atoms with van der Waals surface area (Å²) in [6.07, 6.45) is -1.20. The van der Waals surface area contributed by atoms with Crippen LogP contribution in [0.5, 0.6) is 0 Å². The minimum absolute atomic E-state index is 0.495. The number of amides is 1. The molecule has 0 aromatic heterocycles. The second-order valence-electron chi connectivity index (χ2n) is 5.80. The van der Waals surface area contributed by atoms with Crippen molar-refractivity contribution in [2.75, 3.05) is 6.61 Å². The van der Waals surface area contributed by atoms with E-state index >= 15 is 0 Å². The highest BCUT2D eigenvalue weighted by molar-refractivity contribution is 5.74. The van der Waals surface area contributed by atoms with E-state index < -0.39 is 41.1 Å². The minimum atomic E-state index is -1.97. The monoisotopic (exact) mass is 277 g/mol. The van der Waals surface area contributed by atoms with Crippen molar-refractivity contribution < 1.29 is 30.0 Å². The molecule has 0 spiro atoms. The topological polar surface area (TPSA) is 119 Å². The first-order valence-corrected chi connectivity index (χ1v) is 6.08. The van der Waals surface area contributed by atoms with Crippen molar-refractivity contribution >= 4 is 5.91 Å². The molecule has 1 rings (SSSR count). The summed E-state index contributed by atoms with van der Waals surface area (Å²) in [5, 5.41) is 43.2. The number of carbonyl (C=O) groups excluding carboxylic acids is 1. The Kier molecular flexibility index (Phi) is 3.77. The van der Waals surface area contributed by atoms with Gasteiger partial charge >= 0.3 is 0 Å². The van der Waals surface area contributed by atoms with Crippen LogP contribution < -0.4 is 5.32 Å². The Hall–Kier alpha value is -0.730. The van der Waals surface area contributed by atoms with E-state index in [1.54, 1.807) is 0 Å². The van der Waals surface area contributed by atoms with Gasteiger partial charge in [0.15, 0.2) is 5.79 Å². The molecule has 1 fully saturated rings. The zero-order valence-electron chi connectivity index (χ0n) is 11.9. The summed E-state index contributed by atoms with van der Waals surface area (Å²) in [5.41, 5.74) is -5.48. The third-order valence-corrected chi connectivity index (χ3v) is 4.48. The van der Waals surface area contributed by atoms with E-state index in [1.807, 2.05) is 0 Å². The predicted octanol–water partition coefficient (Wildman–Crippen LogP) is -1.52. The van der Waals surface area contributed by atoms with Gasteiger partial charge in [-0.2, -0.15) is 0 Å². The minimum Gasteiger partial charge on any atom is -0.394 e. The quantitative estimate of drug-likeness (QED) is 0.418. The van der Waals surface area contributed by atoms with Crippen LogP contribution in [0.1, 0.15) is 34.6 Å². The molecule has 5 atom stereocenters. The lowest BCUT2D eigenvalue weighted by molar-refractivity contribution is -0.386. The standard InChI is InChI=1S/C12H23NO6/c1-7(15)13-10(3)11(4,17)9(2,16)8(6-14)19-12(10,5)18/h8,14,16-18H,6H2,1-5H3,(H,13,15). The van der Waals surface area contributed by atoms with Gasteiger partial charge in [-0.1, -0.05) is 0 Å². The highest BCUT2D eigenvalue weighted by Crippen LogP contribution is 2.47. The lowest BCUT2D eigenvalue weighted by atomic mass is 9.63. The fourth-order valence-corrected chi connectivity index (χ4v) is 2.59. The first kappa shape index (κ1) is 16.3. The molecule has 7 heteroatoms. The van der Waals surface area contributed by atoms with E-state index in [1.165, 1.54) is 34.6 Å². The normalized spacial score (nSPS) is 50.9. The number of carbonyl (C=O) groups is 1. The van der Waals surface area contributed by atoms with Crippen LogP contribution in [-0.4, -0.2) is 61.6 Å². The van der Waals surface area contributed by atoms with E-state index in [-0.39, 0.29) is 0 Å². The summed E-state index contributed by atoms with van der Waals surface area (Å²) < 4.78 is 5.27. The smallest absolute Gasteiger partial charge is 0.217 e. The molecule has 1 amide bonds. The molecule has 112 valence electrons. The van der Waals surface area contributed by atoms with Gasteiger partial charge in [0.25, 0.3) is 0 Å². The fraction of sp³-hybridized carbons (Fsp3) is 0.917. The molecule has 0 aliphatic carbocycles. The summed E-state index contributed by atoms with van der Waals surface area (Å²) in [6, 6.07) is 0. The molecule has 1 saturated heterocycles. The molecule has 1 heterocycles. The second-order valence-corrected chi connectivity index (χ2v) is 5.80. The van der Waals surface area contributed by atoms with Gasteiger partial charge in [-0.25, -0.2) is 0 Å². The van der Waals surface area contributed by atoms with Crippen LogP contribution >= 0.6 is 0 Å². The number of hydrogen-bond acceptors (Lipinski definition) is 6. The van der Waals surface area contributed by atoms with E-state index in [2.05, 4.69) is 5.32 Å². The van der Waals surface area contributed by atoms with Crippen LogP contribution in [-0.2, 0) is 9.53 Å². The van der Waals surface area contributed by atoms with Crippen molar-refractivity contribution in [2.24, 2.45) is 0 Å². The van der Waals surface area contributed by atoms with Crippen LogP contribution in [0.25, 0.3) is 0 Å². The Morgan fingerprint density at radius 3 is 2.05 bits per heavy atom. The van der Waals surface area contributed by atoms with Gasteiger partial charge in [-0.15, -0.1) is 0 Å². The van der Waals surface area contributed by atoms with Crippen molar-refractivity contribution in [3.63, 3.8) is 0 Å². The van der Waals surface area contributed by atoms with E-state index in [4.69, 9.17) is 4.74 Å². The molecule has 0 aromatic carbocycles. The van der Waals surface area contributed by atoms with Gasteiger partial charge in [0.2, 0.25) is 5.91 Å². The van der Waals surface area contributed by atoms with Crippen LogP contribution in [0, 0.1) is 0 Å². The van der Waals surface area contributed by atoms with Crippen LogP contribution in [0.4, 0.5) is 0 Å². The van der Waals surface area contributed by atoms with Crippen molar-refractivity contribution in [2.45, 2.75) is 63.3 Å². The molecule has 0 aromatic rings. The Labute approximate surface area is 112 Å².